The van der Waals surface area contributed by atoms with E-state index in [-0.39, 0.29) is 0 Å². The Kier molecular flexibility index (Phi) is 4.04. The molecule has 1 heterocycles. The van der Waals surface area contributed by atoms with Gasteiger partial charge in [-0.2, -0.15) is 0 Å². The molecule has 0 atom stereocenters. The number of para-hydroxylation sites is 2. The molecule has 0 bridgehead atoms. The van der Waals surface area contributed by atoms with E-state index in [0.29, 0.717) is 10.9 Å². The molecule has 0 radical (unpaired) electrons. The molecule has 0 spiro atoms. The Labute approximate surface area is 128 Å². The summed E-state index contributed by atoms with van der Waals surface area (Å²) in [6, 6.07) is 14.1. The van der Waals surface area contributed by atoms with Gasteiger partial charge in [0.2, 0.25) is 0 Å². The van der Waals surface area contributed by atoms with E-state index < -0.39 is 0 Å². The van der Waals surface area contributed by atoms with Crippen LogP contribution in [0.15, 0.2) is 42.5 Å². The van der Waals surface area contributed by atoms with E-state index in [0.717, 1.165) is 42.3 Å². The van der Waals surface area contributed by atoms with E-state index in [9.17, 15) is 0 Å². The quantitative estimate of drug-likeness (QED) is 0.724. The van der Waals surface area contributed by atoms with Crippen LogP contribution in [-0.4, -0.2) is 13.2 Å². The van der Waals surface area contributed by atoms with Crippen LogP contribution in [0.25, 0.3) is 0 Å². The first kappa shape index (κ1) is 13.6. The first-order valence-electron chi connectivity index (χ1n) is 6.63. The molecule has 0 unspecified atom stereocenters. The molecule has 20 heavy (non-hydrogen) atoms. The van der Waals surface area contributed by atoms with Gasteiger partial charge in [-0.15, -0.1) is 11.6 Å². The third kappa shape index (κ3) is 2.58. The molecular formula is C16H15Cl2NO. The number of benzene rings is 2. The van der Waals surface area contributed by atoms with E-state index >= 15 is 0 Å². The predicted octanol–water partition coefficient (Wildman–Crippen LogP) is 5.00. The van der Waals surface area contributed by atoms with Gasteiger partial charge in [0, 0.05) is 23.1 Å². The lowest BCUT2D eigenvalue weighted by Crippen LogP contribution is -2.17. The minimum Gasteiger partial charge on any atom is -0.491 e. The number of alkyl halides is 1. The summed E-state index contributed by atoms with van der Waals surface area (Å²) in [5.41, 5.74) is 3.11. The fourth-order valence-corrected chi connectivity index (χ4v) is 2.95. The van der Waals surface area contributed by atoms with Crippen LogP contribution in [0.1, 0.15) is 12.0 Å². The second-order valence-corrected chi connectivity index (χ2v) is 5.41. The third-order valence-corrected chi connectivity index (χ3v) is 4.07. The van der Waals surface area contributed by atoms with Crippen molar-refractivity contribution in [1.82, 2.24) is 0 Å². The molecule has 0 aromatic heterocycles. The van der Waals surface area contributed by atoms with Crippen molar-refractivity contribution in [3.05, 3.63) is 53.1 Å². The van der Waals surface area contributed by atoms with Crippen molar-refractivity contribution in [2.24, 2.45) is 0 Å². The lowest BCUT2D eigenvalue weighted by molar-refractivity contribution is 0.322. The number of nitrogens with zero attached hydrogens (tertiary/aromatic N) is 1. The van der Waals surface area contributed by atoms with Gasteiger partial charge in [-0.3, -0.25) is 0 Å². The molecule has 0 saturated carbocycles. The smallest absolute Gasteiger partial charge is 0.142 e. The van der Waals surface area contributed by atoms with Crippen LogP contribution in [0.2, 0.25) is 5.02 Å². The third-order valence-electron chi connectivity index (χ3n) is 3.43. The fourth-order valence-electron chi connectivity index (χ4n) is 2.41. The average Bonchev–Trinajstić information content (AvgIpc) is 2.69. The van der Waals surface area contributed by atoms with E-state index in [2.05, 4.69) is 17.0 Å². The fraction of sp³-hybridized carbons (Fsp3) is 0.250. The lowest BCUT2D eigenvalue weighted by Gasteiger charge is -2.24. The van der Waals surface area contributed by atoms with Gasteiger partial charge in [0.05, 0.1) is 12.3 Å². The molecule has 0 saturated heterocycles. The highest BCUT2D eigenvalue weighted by Gasteiger charge is 2.18. The zero-order valence-electron chi connectivity index (χ0n) is 11.0. The molecule has 4 heteroatoms. The highest BCUT2D eigenvalue weighted by atomic mass is 35.5. The normalized spacial score (nSPS) is 14.4. The molecule has 0 amide bonds. The topological polar surface area (TPSA) is 12.5 Å². The minimum absolute atomic E-state index is 0.429. The van der Waals surface area contributed by atoms with Crippen LogP contribution in [0, 0.1) is 0 Å². The second-order valence-electron chi connectivity index (χ2n) is 4.73. The summed E-state index contributed by atoms with van der Waals surface area (Å²) in [5, 5.41) is 0.708. The SMILES string of the molecule is ClCc1ccc(N2CCCOc3ccccc32)cc1Cl. The number of halogens is 2. The van der Waals surface area contributed by atoms with Crippen molar-refractivity contribution in [2.45, 2.75) is 12.3 Å². The monoisotopic (exact) mass is 307 g/mol. The van der Waals surface area contributed by atoms with Crippen molar-refractivity contribution < 1.29 is 4.74 Å². The van der Waals surface area contributed by atoms with Crippen molar-refractivity contribution in [1.29, 1.82) is 0 Å². The predicted molar refractivity (Wildman–Crippen MR) is 84.6 cm³/mol. The molecule has 2 aromatic carbocycles. The Hall–Kier alpha value is -1.38. The van der Waals surface area contributed by atoms with Crippen LogP contribution in [0.5, 0.6) is 5.75 Å². The summed E-state index contributed by atoms with van der Waals surface area (Å²) in [7, 11) is 0. The number of hydrogen-bond acceptors (Lipinski definition) is 2. The summed E-state index contributed by atoms with van der Waals surface area (Å²) >= 11 is 12.1. The molecule has 0 fully saturated rings. The van der Waals surface area contributed by atoms with Crippen LogP contribution in [0.4, 0.5) is 11.4 Å². The van der Waals surface area contributed by atoms with Gasteiger partial charge in [0.1, 0.15) is 5.75 Å². The van der Waals surface area contributed by atoms with Gasteiger partial charge >= 0.3 is 0 Å². The highest BCUT2D eigenvalue weighted by molar-refractivity contribution is 6.32. The largest absolute Gasteiger partial charge is 0.491 e. The Balaban J connectivity index is 2.03. The number of ether oxygens (including phenoxy) is 1. The van der Waals surface area contributed by atoms with Crippen LogP contribution >= 0.6 is 23.2 Å². The lowest BCUT2D eigenvalue weighted by atomic mass is 10.2. The molecule has 2 aromatic rings. The van der Waals surface area contributed by atoms with E-state index in [1.165, 1.54) is 0 Å². The van der Waals surface area contributed by atoms with E-state index in [1.54, 1.807) is 0 Å². The van der Waals surface area contributed by atoms with E-state index in [4.69, 9.17) is 27.9 Å². The first-order chi connectivity index (χ1) is 9.79. The zero-order valence-corrected chi connectivity index (χ0v) is 12.5. The van der Waals surface area contributed by atoms with Gasteiger partial charge in [0.15, 0.2) is 0 Å². The van der Waals surface area contributed by atoms with Crippen molar-refractivity contribution in [3.8, 4) is 5.75 Å². The summed E-state index contributed by atoms with van der Waals surface area (Å²) in [6.07, 6.45) is 0.976. The Bertz CT molecular complexity index is 615. The van der Waals surface area contributed by atoms with Crippen LogP contribution in [0.3, 0.4) is 0 Å². The van der Waals surface area contributed by atoms with Crippen LogP contribution in [-0.2, 0) is 5.88 Å². The van der Waals surface area contributed by atoms with E-state index in [1.807, 2.05) is 30.3 Å². The zero-order chi connectivity index (χ0) is 13.9. The molecule has 2 nitrogen and oxygen atoms in total. The molecule has 1 aliphatic rings. The number of hydrogen-bond donors (Lipinski definition) is 0. The Morgan fingerprint density at radius 2 is 2.00 bits per heavy atom. The molecule has 0 N–H and O–H groups in total. The maximum absolute atomic E-state index is 6.27. The second kappa shape index (κ2) is 5.94. The molecule has 3 rings (SSSR count). The number of fused-ring (bicyclic) bond motifs is 1. The van der Waals surface area contributed by atoms with Gasteiger partial charge < -0.3 is 9.64 Å². The Morgan fingerprint density at radius 3 is 2.80 bits per heavy atom. The molecular weight excluding hydrogens is 293 g/mol. The first-order valence-corrected chi connectivity index (χ1v) is 7.54. The number of rotatable bonds is 2. The molecule has 1 aliphatic heterocycles. The van der Waals surface area contributed by atoms with Gasteiger partial charge in [-0.05, 0) is 36.2 Å². The van der Waals surface area contributed by atoms with Gasteiger partial charge in [-0.1, -0.05) is 29.8 Å². The maximum atomic E-state index is 6.27. The summed E-state index contributed by atoms with van der Waals surface area (Å²) in [6.45, 7) is 1.65. The highest BCUT2D eigenvalue weighted by Crippen LogP contribution is 2.37. The van der Waals surface area contributed by atoms with Gasteiger partial charge in [0.25, 0.3) is 0 Å². The summed E-state index contributed by atoms with van der Waals surface area (Å²) in [4.78, 5) is 2.24. The van der Waals surface area contributed by atoms with Crippen molar-refractivity contribution >= 4 is 34.6 Å². The summed E-state index contributed by atoms with van der Waals surface area (Å²) in [5.74, 6) is 1.35. The van der Waals surface area contributed by atoms with Crippen LogP contribution < -0.4 is 9.64 Å². The molecule has 0 aliphatic carbocycles. The van der Waals surface area contributed by atoms with Crippen molar-refractivity contribution in [2.75, 3.05) is 18.1 Å². The summed E-state index contributed by atoms with van der Waals surface area (Å²) < 4.78 is 5.78. The Morgan fingerprint density at radius 1 is 1.15 bits per heavy atom. The molecule has 104 valence electrons. The van der Waals surface area contributed by atoms with Crippen molar-refractivity contribution in [3.63, 3.8) is 0 Å². The standard InChI is InChI=1S/C16H15Cl2NO/c17-11-12-6-7-13(10-14(12)18)19-8-3-9-20-16-5-2-1-4-15(16)19/h1-2,4-7,10H,3,8-9,11H2. The maximum Gasteiger partial charge on any atom is 0.142 e. The number of anilines is 2. The minimum atomic E-state index is 0.429. The average molecular weight is 308 g/mol. The van der Waals surface area contributed by atoms with Gasteiger partial charge in [-0.25, -0.2) is 0 Å².